The van der Waals surface area contributed by atoms with Crippen LogP contribution in [0.1, 0.15) is 34.6 Å². The SMILES string of the molecule is CC1c2nn(C)c(-c3cc(F)cc(F)c3)c2CCN1C(=O)c1c(Cl)cccc1I. The molecule has 0 aliphatic carbocycles. The van der Waals surface area contributed by atoms with Crippen LogP contribution in [0.3, 0.4) is 0 Å². The summed E-state index contributed by atoms with van der Waals surface area (Å²) in [4.78, 5) is 15.0. The van der Waals surface area contributed by atoms with Gasteiger partial charge in [-0.25, -0.2) is 8.78 Å². The van der Waals surface area contributed by atoms with Crippen molar-refractivity contribution in [1.82, 2.24) is 14.7 Å². The van der Waals surface area contributed by atoms with Gasteiger partial charge in [0.05, 0.1) is 28.0 Å². The molecule has 0 radical (unpaired) electrons. The van der Waals surface area contributed by atoms with Crippen molar-refractivity contribution in [3.8, 4) is 11.3 Å². The summed E-state index contributed by atoms with van der Waals surface area (Å²) in [6, 6.07) is 8.51. The molecule has 1 amide bonds. The molecule has 8 heteroatoms. The molecule has 1 aliphatic rings. The van der Waals surface area contributed by atoms with E-state index in [4.69, 9.17) is 11.6 Å². The van der Waals surface area contributed by atoms with E-state index in [2.05, 4.69) is 27.7 Å². The van der Waals surface area contributed by atoms with Crippen molar-refractivity contribution >= 4 is 40.1 Å². The summed E-state index contributed by atoms with van der Waals surface area (Å²) in [5.74, 6) is -1.42. The number of aryl methyl sites for hydroxylation is 1. The summed E-state index contributed by atoms with van der Waals surface area (Å²) in [7, 11) is 1.74. The maximum absolute atomic E-state index is 13.8. The molecule has 0 N–H and O–H groups in total. The predicted molar refractivity (Wildman–Crippen MR) is 116 cm³/mol. The molecule has 1 unspecified atom stereocenters. The number of fused-ring (bicyclic) bond motifs is 1. The Hall–Kier alpha value is -2.00. The summed E-state index contributed by atoms with van der Waals surface area (Å²) >= 11 is 8.39. The van der Waals surface area contributed by atoms with Gasteiger partial charge in [0.1, 0.15) is 11.6 Å². The van der Waals surface area contributed by atoms with Gasteiger partial charge in [-0.15, -0.1) is 0 Å². The highest BCUT2D eigenvalue weighted by Crippen LogP contribution is 2.37. The van der Waals surface area contributed by atoms with Crippen LogP contribution in [-0.4, -0.2) is 27.1 Å². The second-order valence-electron chi connectivity index (χ2n) is 7.02. The summed E-state index contributed by atoms with van der Waals surface area (Å²) in [6.45, 7) is 2.37. The Morgan fingerprint density at radius 1 is 1.24 bits per heavy atom. The molecule has 0 spiro atoms. The average Bonchev–Trinajstić information content (AvgIpc) is 2.98. The Morgan fingerprint density at radius 3 is 2.59 bits per heavy atom. The van der Waals surface area contributed by atoms with Crippen molar-refractivity contribution in [1.29, 1.82) is 0 Å². The number of amides is 1. The first-order valence-corrected chi connectivity index (χ1v) is 10.5. The molecule has 1 aromatic heterocycles. The third-order valence-corrected chi connectivity index (χ3v) is 6.43. The lowest BCUT2D eigenvalue weighted by atomic mass is 9.95. The quantitative estimate of drug-likeness (QED) is 0.420. The van der Waals surface area contributed by atoms with Crippen LogP contribution in [0.4, 0.5) is 8.78 Å². The first kappa shape index (κ1) is 20.3. The van der Waals surface area contributed by atoms with Gasteiger partial charge < -0.3 is 4.90 Å². The van der Waals surface area contributed by atoms with E-state index in [1.807, 2.05) is 19.1 Å². The smallest absolute Gasteiger partial charge is 0.257 e. The Labute approximate surface area is 185 Å². The van der Waals surface area contributed by atoms with Crippen molar-refractivity contribution in [2.24, 2.45) is 7.05 Å². The summed E-state index contributed by atoms with van der Waals surface area (Å²) < 4.78 is 29.9. The number of hydrogen-bond donors (Lipinski definition) is 0. The van der Waals surface area contributed by atoms with Crippen molar-refractivity contribution in [2.45, 2.75) is 19.4 Å². The molecule has 150 valence electrons. The molecule has 2 heterocycles. The van der Waals surface area contributed by atoms with E-state index >= 15 is 0 Å². The maximum atomic E-state index is 13.8. The monoisotopic (exact) mass is 527 g/mol. The van der Waals surface area contributed by atoms with E-state index < -0.39 is 11.6 Å². The number of hydrogen-bond acceptors (Lipinski definition) is 2. The van der Waals surface area contributed by atoms with E-state index in [0.29, 0.717) is 34.8 Å². The Morgan fingerprint density at radius 2 is 1.93 bits per heavy atom. The van der Waals surface area contributed by atoms with Crippen molar-refractivity contribution < 1.29 is 13.6 Å². The summed E-state index contributed by atoms with van der Waals surface area (Å²) in [5, 5.41) is 5.00. The largest absolute Gasteiger partial charge is 0.330 e. The van der Waals surface area contributed by atoms with Crippen molar-refractivity contribution in [3.05, 3.63) is 73.4 Å². The highest BCUT2D eigenvalue weighted by Gasteiger charge is 2.34. The first-order chi connectivity index (χ1) is 13.8. The van der Waals surface area contributed by atoms with Gasteiger partial charge >= 0.3 is 0 Å². The van der Waals surface area contributed by atoms with E-state index in [1.54, 1.807) is 22.7 Å². The molecule has 0 saturated heterocycles. The van der Waals surface area contributed by atoms with Crippen LogP contribution in [0.5, 0.6) is 0 Å². The number of carbonyl (C=O) groups is 1. The molecular formula is C21H17ClF2IN3O. The normalized spacial score (nSPS) is 16.1. The third kappa shape index (κ3) is 3.54. The second-order valence-corrected chi connectivity index (χ2v) is 8.58. The molecular weight excluding hydrogens is 511 g/mol. The zero-order chi connectivity index (χ0) is 20.9. The Kier molecular flexibility index (Phi) is 5.37. The van der Waals surface area contributed by atoms with Crippen LogP contribution in [-0.2, 0) is 13.5 Å². The Balaban J connectivity index is 1.74. The van der Waals surface area contributed by atoms with Crippen LogP contribution < -0.4 is 0 Å². The van der Waals surface area contributed by atoms with Gasteiger partial charge in [-0.05, 0) is 60.2 Å². The maximum Gasteiger partial charge on any atom is 0.257 e. The molecule has 0 fully saturated rings. The van der Waals surface area contributed by atoms with E-state index in [0.717, 1.165) is 20.9 Å². The fourth-order valence-electron chi connectivity index (χ4n) is 3.92. The number of benzene rings is 2. The molecule has 4 rings (SSSR count). The lowest BCUT2D eigenvalue weighted by Gasteiger charge is -2.33. The fraction of sp³-hybridized carbons (Fsp3) is 0.238. The first-order valence-electron chi connectivity index (χ1n) is 9.05. The van der Waals surface area contributed by atoms with Gasteiger partial charge in [0.15, 0.2) is 0 Å². The molecule has 1 atom stereocenters. The number of halogens is 4. The fourth-order valence-corrected chi connectivity index (χ4v) is 5.06. The van der Waals surface area contributed by atoms with Gasteiger partial charge in [0, 0.05) is 34.4 Å². The van der Waals surface area contributed by atoms with Gasteiger partial charge in [0.25, 0.3) is 5.91 Å². The minimum absolute atomic E-state index is 0.151. The minimum atomic E-state index is -0.635. The molecule has 2 aromatic carbocycles. The molecule has 29 heavy (non-hydrogen) atoms. The second kappa shape index (κ2) is 7.68. The standard InChI is InChI=1S/C21H17ClF2IN3O/c1-11-19-15(20(27(2)26-19)12-8-13(23)10-14(24)9-12)6-7-28(11)21(29)18-16(22)4-3-5-17(18)25/h3-5,8-11H,6-7H2,1-2H3. The molecule has 3 aromatic rings. The number of carbonyl (C=O) groups excluding carboxylic acids is 1. The number of aromatic nitrogens is 2. The average molecular weight is 528 g/mol. The van der Waals surface area contributed by atoms with Crippen LogP contribution in [0.2, 0.25) is 5.02 Å². The Bertz CT molecular complexity index is 1090. The minimum Gasteiger partial charge on any atom is -0.330 e. The van der Waals surface area contributed by atoms with Gasteiger partial charge in [0.2, 0.25) is 0 Å². The highest BCUT2D eigenvalue weighted by molar-refractivity contribution is 14.1. The van der Waals surface area contributed by atoms with E-state index in [1.165, 1.54) is 12.1 Å². The zero-order valence-electron chi connectivity index (χ0n) is 15.7. The molecule has 0 bridgehead atoms. The van der Waals surface area contributed by atoms with Crippen LogP contribution in [0.15, 0.2) is 36.4 Å². The van der Waals surface area contributed by atoms with Crippen LogP contribution in [0.25, 0.3) is 11.3 Å². The molecule has 0 saturated carbocycles. The van der Waals surface area contributed by atoms with Crippen LogP contribution >= 0.6 is 34.2 Å². The predicted octanol–water partition coefficient (Wildman–Crippen LogP) is 5.38. The van der Waals surface area contributed by atoms with E-state index in [-0.39, 0.29) is 11.9 Å². The molecule has 4 nitrogen and oxygen atoms in total. The number of nitrogens with zero attached hydrogens (tertiary/aromatic N) is 3. The van der Waals surface area contributed by atoms with E-state index in [9.17, 15) is 13.6 Å². The van der Waals surface area contributed by atoms with Gasteiger partial charge in [-0.1, -0.05) is 17.7 Å². The van der Waals surface area contributed by atoms with Crippen molar-refractivity contribution in [2.75, 3.05) is 6.54 Å². The zero-order valence-corrected chi connectivity index (χ0v) is 18.6. The van der Waals surface area contributed by atoms with Crippen LogP contribution in [0, 0.1) is 15.2 Å². The van der Waals surface area contributed by atoms with Gasteiger partial charge in [-0.3, -0.25) is 9.48 Å². The highest BCUT2D eigenvalue weighted by atomic mass is 127. The van der Waals surface area contributed by atoms with Gasteiger partial charge in [-0.2, -0.15) is 5.10 Å². The summed E-state index contributed by atoms with van der Waals surface area (Å²) in [6.07, 6.45) is 0.535. The molecule has 1 aliphatic heterocycles. The van der Waals surface area contributed by atoms with Crippen molar-refractivity contribution in [3.63, 3.8) is 0 Å². The lowest BCUT2D eigenvalue weighted by Crippen LogP contribution is -2.39. The third-order valence-electron chi connectivity index (χ3n) is 5.22. The summed E-state index contributed by atoms with van der Waals surface area (Å²) in [5.41, 5.74) is 3.22. The topological polar surface area (TPSA) is 38.1 Å². The number of rotatable bonds is 2. The lowest BCUT2D eigenvalue weighted by molar-refractivity contribution is 0.0672.